The zero-order valence-corrected chi connectivity index (χ0v) is 17.3. The van der Waals surface area contributed by atoms with Gasteiger partial charge in [0.25, 0.3) is 0 Å². The van der Waals surface area contributed by atoms with Crippen molar-refractivity contribution in [2.45, 2.75) is 38.5 Å². The first-order valence-electron chi connectivity index (χ1n) is 9.42. The number of likely N-dealkylation sites (tertiary alicyclic amines) is 1. The third-order valence-corrected chi connectivity index (χ3v) is 5.48. The van der Waals surface area contributed by atoms with Gasteiger partial charge in [-0.1, -0.05) is 0 Å². The number of fused-ring (bicyclic) bond motifs is 1. The minimum absolute atomic E-state index is 0. The molecule has 5 rings (SSSR count). The summed E-state index contributed by atoms with van der Waals surface area (Å²) in [5.41, 5.74) is 2.24. The van der Waals surface area contributed by atoms with Crippen LogP contribution in [0.2, 0.25) is 0 Å². The summed E-state index contributed by atoms with van der Waals surface area (Å²) in [6, 6.07) is 6.67. The highest BCUT2D eigenvalue weighted by Crippen LogP contribution is 2.29. The maximum Gasteiger partial charge on any atom is 0.160 e. The van der Waals surface area contributed by atoms with E-state index in [1.165, 1.54) is 5.69 Å². The Hall–Kier alpha value is -1.80. The molecule has 0 unspecified atom stereocenters. The van der Waals surface area contributed by atoms with E-state index in [2.05, 4.69) is 42.8 Å². The summed E-state index contributed by atoms with van der Waals surface area (Å²) >= 11 is 0. The van der Waals surface area contributed by atoms with Crippen molar-refractivity contribution in [1.82, 2.24) is 29.5 Å². The predicted octanol–water partition coefficient (Wildman–Crippen LogP) is 3.12. The SMILES string of the molecule is Cl.Cl.c1coc(CN2CCC(n3ccnc3-c3cc4n(n3)CCNC4)CC2)c1. The second kappa shape index (κ2) is 9.13. The van der Waals surface area contributed by atoms with Gasteiger partial charge in [-0.2, -0.15) is 5.10 Å². The van der Waals surface area contributed by atoms with Crippen molar-refractivity contribution >= 4 is 24.8 Å². The van der Waals surface area contributed by atoms with Crippen molar-refractivity contribution in [2.75, 3.05) is 19.6 Å². The fraction of sp³-hybridized carbons (Fsp3) is 0.474. The molecule has 152 valence electrons. The summed E-state index contributed by atoms with van der Waals surface area (Å²) in [5, 5.41) is 8.18. The summed E-state index contributed by atoms with van der Waals surface area (Å²) in [7, 11) is 0. The van der Waals surface area contributed by atoms with Gasteiger partial charge >= 0.3 is 0 Å². The summed E-state index contributed by atoms with van der Waals surface area (Å²) < 4.78 is 9.91. The predicted molar refractivity (Wildman–Crippen MR) is 112 cm³/mol. The van der Waals surface area contributed by atoms with Crippen LogP contribution in [0.1, 0.15) is 30.3 Å². The molecule has 0 amide bonds. The number of halogens is 2. The first kappa shape index (κ1) is 20.9. The van der Waals surface area contributed by atoms with E-state index in [-0.39, 0.29) is 24.8 Å². The minimum atomic E-state index is 0. The lowest BCUT2D eigenvalue weighted by atomic mass is 10.0. The number of nitrogens with zero attached hydrogens (tertiary/aromatic N) is 5. The molecule has 0 spiro atoms. The molecule has 0 atom stereocenters. The van der Waals surface area contributed by atoms with Crippen molar-refractivity contribution < 1.29 is 4.42 Å². The third kappa shape index (κ3) is 4.12. The molecule has 9 heteroatoms. The second-order valence-corrected chi connectivity index (χ2v) is 7.17. The van der Waals surface area contributed by atoms with Crippen LogP contribution in [0.5, 0.6) is 0 Å². The Kier molecular flexibility index (Phi) is 6.82. The van der Waals surface area contributed by atoms with Crippen molar-refractivity contribution in [1.29, 1.82) is 0 Å². The largest absolute Gasteiger partial charge is 0.468 e. The normalized spacial score (nSPS) is 17.6. The van der Waals surface area contributed by atoms with E-state index in [0.29, 0.717) is 6.04 Å². The minimum Gasteiger partial charge on any atom is -0.468 e. The Morgan fingerprint density at radius 3 is 2.79 bits per heavy atom. The topological polar surface area (TPSA) is 64.0 Å². The van der Waals surface area contributed by atoms with Gasteiger partial charge in [-0.15, -0.1) is 24.8 Å². The quantitative estimate of drug-likeness (QED) is 0.696. The van der Waals surface area contributed by atoms with Crippen LogP contribution >= 0.6 is 24.8 Å². The van der Waals surface area contributed by atoms with Crippen molar-refractivity contribution in [3.8, 4) is 11.5 Å². The van der Waals surface area contributed by atoms with Gasteiger partial charge in [-0.25, -0.2) is 4.98 Å². The summed E-state index contributed by atoms with van der Waals surface area (Å²) in [6.07, 6.45) is 8.01. The van der Waals surface area contributed by atoms with Crippen LogP contribution in [0.25, 0.3) is 11.5 Å². The van der Waals surface area contributed by atoms with E-state index in [1.54, 1.807) is 6.26 Å². The number of nitrogens with one attached hydrogen (secondary N) is 1. The Morgan fingerprint density at radius 1 is 1.18 bits per heavy atom. The molecule has 5 heterocycles. The molecule has 1 N–H and O–H groups in total. The van der Waals surface area contributed by atoms with Crippen molar-refractivity contribution in [3.63, 3.8) is 0 Å². The molecular formula is C19H26Cl2N6O. The summed E-state index contributed by atoms with van der Waals surface area (Å²) in [6.45, 7) is 5.85. The standard InChI is InChI=1S/C19H24N6O.2ClH/c1-2-17(26-11-1)14-23-7-3-15(4-8-23)24-9-6-21-19(24)18-12-16-13-20-5-10-25(16)22-18;;/h1-2,6,9,11-12,15,20H,3-5,7-8,10,13-14H2;2*1H. The molecule has 28 heavy (non-hydrogen) atoms. The van der Waals surface area contributed by atoms with E-state index in [9.17, 15) is 0 Å². The van der Waals surface area contributed by atoms with Crippen molar-refractivity contribution in [2.24, 2.45) is 0 Å². The molecule has 2 aliphatic heterocycles. The average molecular weight is 425 g/mol. The molecular weight excluding hydrogens is 399 g/mol. The van der Waals surface area contributed by atoms with Crippen LogP contribution in [0.4, 0.5) is 0 Å². The number of imidazole rings is 1. The van der Waals surface area contributed by atoms with E-state index in [0.717, 1.165) is 69.4 Å². The molecule has 0 aliphatic carbocycles. The highest BCUT2D eigenvalue weighted by atomic mass is 35.5. The lowest BCUT2D eigenvalue weighted by Crippen LogP contribution is -2.34. The highest BCUT2D eigenvalue weighted by molar-refractivity contribution is 5.85. The third-order valence-electron chi connectivity index (χ3n) is 5.48. The number of hydrogen-bond acceptors (Lipinski definition) is 5. The van der Waals surface area contributed by atoms with Gasteiger partial charge in [0.1, 0.15) is 11.5 Å². The number of aromatic nitrogens is 4. The van der Waals surface area contributed by atoms with Crippen LogP contribution in [0.15, 0.2) is 41.3 Å². The zero-order chi connectivity index (χ0) is 17.3. The molecule has 7 nitrogen and oxygen atoms in total. The Bertz CT molecular complexity index is 844. The molecule has 0 saturated carbocycles. The molecule has 0 aromatic carbocycles. The van der Waals surface area contributed by atoms with Gasteiger partial charge in [0.15, 0.2) is 5.82 Å². The molecule has 3 aromatic rings. The monoisotopic (exact) mass is 424 g/mol. The Labute approximate surface area is 176 Å². The smallest absolute Gasteiger partial charge is 0.160 e. The fourth-order valence-corrected chi connectivity index (χ4v) is 4.09. The van der Waals surface area contributed by atoms with Gasteiger partial charge in [-0.05, 0) is 31.0 Å². The number of hydrogen-bond donors (Lipinski definition) is 1. The van der Waals surface area contributed by atoms with E-state index < -0.39 is 0 Å². The average Bonchev–Trinajstić information content (AvgIpc) is 3.42. The first-order valence-corrected chi connectivity index (χ1v) is 9.42. The van der Waals surface area contributed by atoms with Gasteiger partial charge < -0.3 is 14.3 Å². The van der Waals surface area contributed by atoms with Gasteiger partial charge in [0.2, 0.25) is 0 Å². The van der Waals surface area contributed by atoms with Crippen LogP contribution in [-0.2, 0) is 19.6 Å². The molecule has 1 saturated heterocycles. The molecule has 1 fully saturated rings. The lowest BCUT2D eigenvalue weighted by molar-refractivity contribution is 0.169. The van der Waals surface area contributed by atoms with Gasteiger partial charge in [0, 0.05) is 44.6 Å². The zero-order valence-electron chi connectivity index (χ0n) is 15.7. The lowest BCUT2D eigenvalue weighted by Gasteiger charge is -2.32. The maximum atomic E-state index is 5.48. The van der Waals surface area contributed by atoms with Crippen LogP contribution < -0.4 is 5.32 Å². The Morgan fingerprint density at radius 2 is 2.04 bits per heavy atom. The van der Waals surface area contributed by atoms with Gasteiger partial charge in [-0.3, -0.25) is 9.58 Å². The molecule has 0 radical (unpaired) electrons. The van der Waals surface area contributed by atoms with Gasteiger partial charge in [0.05, 0.1) is 25.0 Å². The second-order valence-electron chi connectivity index (χ2n) is 7.17. The van der Waals surface area contributed by atoms with Crippen molar-refractivity contribution in [3.05, 3.63) is 48.3 Å². The number of rotatable bonds is 4. The van der Waals surface area contributed by atoms with E-state index in [4.69, 9.17) is 9.52 Å². The molecule has 3 aromatic heterocycles. The van der Waals surface area contributed by atoms with E-state index in [1.807, 2.05) is 12.3 Å². The maximum absolute atomic E-state index is 5.48. The Balaban J connectivity index is 0.00000112. The van der Waals surface area contributed by atoms with Crippen LogP contribution in [0, 0.1) is 0 Å². The van der Waals surface area contributed by atoms with Crippen LogP contribution in [-0.4, -0.2) is 43.9 Å². The molecule has 2 aliphatic rings. The number of piperidine rings is 1. The highest BCUT2D eigenvalue weighted by Gasteiger charge is 2.24. The van der Waals surface area contributed by atoms with Crippen LogP contribution in [0.3, 0.4) is 0 Å². The van der Waals surface area contributed by atoms with E-state index >= 15 is 0 Å². The summed E-state index contributed by atoms with van der Waals surface area (Å²) in [4.78, 5) is 7.09. The molecule has 0 bridgehead atoms. The first-order chi connectivity index (χ1) is 12.9. The fourth-order valence-electron chi connectivity index (χ4n) is 4.09. The number of furan rings is 1. The summed E-state index contributed by atoms with van der Waals surface area (Å²) in [5.74, 6) is 2.04.